The van der Waals surface area contributed by atoms with Gasteiger partial charge in [0.15, 0.2) is 0 Å². The Labute approximate surface area is 81.6 Å². The van der Waals surface area contributed by atoms with E-state index in [0.717, 1.165) is 6.42 Å². The molecule has 0 aliphatic rings. The summed E-state index contributed by atoms with van der Waals surface area (Å²) in [5, 5.41) is 0. The average molecular weight is 189 g/mol. The highest BCUT2D eigenvalue weighted by atomic mass is 16.5. The minimum Gasteiger partial charge on any atom is -0.379 e. The first-order valence-corrected chi connectivity index (χ1v) is 4.78. The van der Waals surface area contributed by atoms with E-state index in [1.54, 1.807) is 7.11 Å². The molecule has 0 spiro atoms. The molecule has 0 radical (unpaired) electrons. The summed E-state index contributed by atoms with van der Waals surface area (Å²) < 4.78 is 11.0. The van der Waals surface area contributed by atoms with E-state index in [0.29, 0.717) is 13.2 Å². The molecule has 0 rings (SSSR count). The van der Waals surface area contributed by atoms with Crippen molar-refractivity contribution in [3.63, 3.8) is 0 Å². The molecule has 0 saturated heterocycles. The minimum atomic E-state index is -0.270. The van der Waals surface area contributed by atoms with Crippen molar-refractivity contribution >= 4 is 0 Å². The fraction of sp³-hybridized carbons (Fsp3) is 1.00. The molecule has 80 valence electrons. The summed E-state index contributed by atoms with van der Waals surface area (Å²) in [5.74, 6) is 0. The van der Waals surface area contributed by atoms with Gasteiger partial charge in [0, 0.05) is 26.7 Å². The van der Waals surface area contributed by atoms with Crippen molar-refractivity contribution < 1.29 is 9.47 Å². The van der Waals surface area contributed by atoms with Gasteiger partial charge in [-0.3, -0.25) is 0 Å². The molecule has 0 bridgehead atoms. The van der Waals surface area contributed by atoms with Crippen molar-refractivity contribution in [2.75, 3.05) is 20.3 Å². The number of nitrogens with two attached hydrogens (primary N) is 1. The molecule has 0 saturated carbocycles. The average Bonchev–Trinajstić information content (AvgIpc) is 2.04. The normalized spacial score (nSPS) is 17.1. The van der Waals surface area contributed by atoms with Crippen LogP contribution >= 0.6 is 0 Å². The summed E-state index contributed by atoms with van der Waals surface area (Å²) >= 11 is 0. The van der Waals surface area contributed by atoms with Crippen molar-refractivity contribution in [3.8, 4) is 0 Å². The third-order valence-corrected chi connectivity index (χ3v) is 2.28. The first-order chi connectivity index (χ1) is 5.89. The van der Waals surface area contributed by atoms with Crippen LogP contribution in [0.15, 0.2) is 0 Å². The third-order valence-electron chi connectivity index (χ3n) is 2.28. The minimum absolute atomic E-state index is 0.177. The molecule has 0 fully saturated rings. The van der Waals surface area contributed by atoms with E-state index >= 15 is 0 Å². The number of ether oxygens (including phenoxy) is 2. The van der Waals surface area contributed by atoms with Crippen molar-refractivity contribution in [1.29, 1.82) is 0 Å². The monoisotopic (exact) mass is 189 g/mol. The Kier molecular flexibility index (Phi) is 4.89. The van der Waals surface area contributed by atoms with Crippen LogP contribution in [0.3, 0.4) is 0 Å². The second kappa shape index (κ2) is 4.94. The maximum absolute atomic E-state index is 5.67. The lowest BCUT2D eigenvalue weighted by Crippen LogP contribution is -2.44. The van der Waals surface area contributed by atoms with Crippen LogP contribution in [0.4, 0.5) is 0 Å². The van der Waals surface area contributed by atoms with Gasteiger partial charge in [0.05, 0.1) is 11.2 Å². The first kappa shape index (κ1) is 12.9. The van der Waals surface area contributed by atoms with E-state index in [1.807, 2.05) is 27.7 Å². The van der Waals surface area contributed by atoms with Gasteiger partial charge in [-0.2, -0.15) is 0 Å². The van der Waals surface area contributed by atoms with E-state index in [1.165, 1.54) is 0 Å². The van der Waals surface area contributed by atoms with Crippen molar-refractivity contribution in [1.82, 2.24) is 0 Å². The van der Waals surface area contributed by atoms with Gasteiger partial charge < -0.3 is 15.2 Å². The lowest BCUT2D eigenvalue weighted by molar-refractivity contribution is -0.0879. The highest BCUT2D eigenvalue weighted by Crippen LogP contribution is 2.25. The van der Waals surface area contributed by atoms with Crippen molar-refractivity contribution in [2.45, 2.75) is 45.3 Å². The Balaban J connectivity index is 4.25. The first-order valence-electron chi connectivity index (χ1n) is 4.78. The molecular formula is C10H23NO2. The van der Waals surface area contributed by atoms with Gasteiger partial charge in [-0.15, -0.1) is 0 Å². The SMILES string of the molecule is CCOC(C)(CN)CC(C)(C)OC. The summed E-state index contributed by atoms with van der Waals surface area (Å²) in [4.78, 5) is 0. The fourth-order valence-corrected chi connectivity index (χ4v) is 1.50. The molecule has 0 aliphatic heterocycles. The zero-order chi connectivity index (χ0) is 10.5. The number of methoxy groups -OCH3 is 1. The largest absolute Gasteiger partial charge is 0.379 e. The van der Waals surface area contributed by atoms with Crippen LogP contribution in [0, 0.1) is 0 Å². The van der Waals surface area contributed by atoms with Gasteiger partial charge in [0.1, 0.15) is 0 Å². The fourth-order valence-electron chi connectivity index (χ4n) is 1.50. The molecule has 13 heavy (non-hydrogen) atoms. The van der Waals surface area contributed by atoms with Gasteiger partial charge in [-0.05, 0) is 27.7 Å². The summed E-state index contributed by atoms with van der Waals surface area (Å²) in [6.45, 7) is 9.30. The van der Waals surface area contributed by atoms with Crippen LogP contribution < -0.4 is 5.73 Å². The molecule has 1 unspecified atom stereocenters. The summed E-state index contributed by atoms with van der Waals surface area (Å²) in [6.07, 6.45) is 0.806. The molecule has 3 nitrogen and oxygen atoms in total. The van der Waals surface area contributed by atoms with Gasteiger partial charge in [-0.25, -0.2) is 0 Å². The lowest BCUT2D eigenvalue weighted by atomic mass is 9.90. The number of hydrogen-bond donors (Lipinski definition) is 1. The van der Waals surface area contributed by atoms with E-state index in [9.17, 15) is 0 Å². The second-order valence-electron chi connectivity index (χ2n) is 4.23. The smallest absolute Gasteiger partial charge is 0.0803 e. The lowest BCUT2D eigenvalue weighted by Gasteiger charge is -2.35. The standard InChI is InChI=1S/C10H23NO2/c1-6-13-10(4,8-11)7-9(2,3)12-5/h6-8,11H2,1-5H3. The van der Waals surface area contributed by atoms with Gasteiger partial charge >= 0.3 is 0 Å². The van der Waals surface area contributed by atoms with Crippen LogP contribution in [-0.4, -0.2) is 31.5 Å². The summed E-state index contributed by atoms with van der Waals surface area (Å²) in [7, 11) is 1.71. The van der Waals surface area contributed by atoms with Gasteiger partial charge in [0.25, 0.3) is 0 Å². The van der Waals surface area contributed by atoms with E-state index in [-0.39, 0.29) is 11.2 Å². The van der Waals surface area contributed by atoms with E-state index in [2.05, 4.69) is 0 Å². The van der Waals surface area contributed by atoms with Crippen LogP contribution in [0.5, 0.6) is 0 Å². The third kappa shape index (κ3) is 4.60. The molecule has 1 atom stereocenters. The van der Waals surface area contributed by atoms with Crippen LogP contribution in [0.25, 0.3) is 0 Å². The maximum atomic E-state index is 5.67. The predicted molar refractivity (Wildman–Crippen MR) is 54.8 cm³/mol. The molecular weight excluding hydrogens is 166 g/mol. The predicted octanol–water partition coefficient (Wildman–Crippen LogP) is 1.56. The molecule has 2 N–H and O–H groups in total. The molecule has 0 aromatic carbocycles. The van der Waals surface area contributed by atoms with Crippen LogP contribution in [-0.2, 0) is 9.47 Å². The van der Waals surface area contributed by atoms with E-state index < -0.39 is 0 Å². The molecule has 0 aliphatic carbocycles. The molecule has 3 heteroatoms. The topological polar surface area (TPSA) is 44.5 Å². The second-order valence-corrected chi connectivity index (χ2v) is 4.23. The Morgan fingerprint density at radius 1 is 1.23 bits per heavy atom. The molecule has 0 aromatic rings. The zero-order valence-electron chi connectivity index (χ0n) is 9.52. The Bertz CT molecular complexity index is 148. The Morgan fingerprint density at radius 2 is 1.77 bits per heavy atom. The van der Waals surface area contributed by atoms with Crippen molar-refractivity contribution in [2.24, 2.45) is 5.73 Å². The Morgan fingerprint density at radius 3 is 2.08 bits per heavy atom. The zero-order valence-corrected chi connectivity index (χ0v) is 9.52. The maximum Gasteiger partial charge on any atom is 0.0803 e. The molecule has 0 heterocycles. The summed E-state index contributed by atoms with van der Waals surface area (Å²) in [5.41, 5.74) is 5.23. The number of rotatable bonds is 6. The highest BCUT2D eigenvalue weighted by Gasteiger charge is 2.31. The molecule has 0 aromatic heterocycles. The quantitative estimate of drug-likeness (QED) is 0.689. The van der Waals surface area contributed by atoms with Crippen LogP contribution in [0.2, 0.25) is 0 Å². The summed E-state index contributed by atoms with van der Waals surface area (Å²) in [6, 6.07) is 0. The number of hydrogen-bond acceptors (Lipinski definition) is 3. The van der Waals surface area contributed by atoms with Crippen molar-refractivity contribution in [3.05, 3.63) is 0 Å². The molecule has 0 amide bonds. The Hall–Kier alpha value is -0.120. The highest BCUT2D eigenvalue weighted by molar-refractivity contribution is 4.85. The van der Waals surface area contributed by atoms with Gasteiger partial charge in [-0.1, -0.05) is 0 Å². The van der Waals surface area contributed by atoms with E-state index in [4.69, 9.17) is 15.2 Å². The van der Waals surface area contributed by atoms with Crippen LogP contribution in [0.1, 0.15) is 34.1 Å². The van der Waals surface area contributed by atoms with Gasteiger partial charge in [0.2, 0.25) is 0 Å².